The monoisotopic (exact) mass is 699 g/mol. The molecule has 1 unspecified atom stereocenters. The minimum Gasteiger partial charge on any atom is -0.497 e. The maximum atomic E-state index is 11.6. The number of aromatic hydroxyl groups is 1. The molecule has 0 spiro atoms. The zero-order valence-electron chi connectivity index (χ0n) is 29.3. The minimum absolute atomic E-state index is 0.150. The van der Waals surface area contributed by atoms with Crippen LogP contribution in [0.2, 0.25) is 0 Å². The summed E-state index contributed by atoms with van der Waals surface area (Å²) in [6, 6.07) is 29.1. The van der Waals surface area contributed by atoms with Crippen molar-refractivity contribution in [3.05, 3.63) is 114 Å². The zero-order chi connectivity index (χ0) is 35.4. The van der Waals surface area contributed by atoms with E-state index in [2.05, 4.69) is 89.4 Å². The van der Waals surface area contributed by atoms with Crippen LogP contribution in [0.25, 0.3) is 11.2 Å². The lowest BCUT2D eigenvalue weighted by atomic mass is 9.77. The van der Waals surface area contributed by atoms with Crippen molar-refractivity contribution in [1.29, 1.82) is 0 Å². The first-order valence-corrected chi connectivity index (χ1v) is 18.0. The highest BCUT2D eigenvalue weighted by atomic mass is 31.2. The Labute approximate surface area is 294 Å². The fourth-order valence-corrected chi connectivity index (χ4v) is 8.23. The zero-order valence-corrected chi connectivity index (χ0v) is 30.2. The molecule has 1 fully saturated rings. The van der Waals surface area contributed by atoms with Crippen LogP contribution in [0, 0.1) is 0 Å². The second-order valence-electron chi connectivity index (χ2n) is 12.9. The van der Waals surface area contributed by atoms with E-state index in [1.807, 2.05) is 55.6 Å². The van der Waals surface area contributed by atoms with E-state index in [1.54, 1.807) is 22.8 Å². The van der Waals surface area contributed by atoms with Crippen molar-refractivity contribution in [1.82, 2.24) is 34.6 Å². The van der Waals surface area contributed by atoms with Crippen LogP contribution < -0.4 is 10.1 Å². The Morgan fingerprint density at radius 1 is 0.920 bits per heavy atom. The van der Waals surface area contributed by atoms with Crippen LogP contribution in [0.4, 0.5) is 0 Å². The van der Waals surface area contributed by atoms with Crippen LogP contribution in [0.3, 0.4) is 0 Å². The van der Waals surface area contributed by atoms with Gasteiger partial charge >= 0.3 is 0 Å². The third-order valence-corrected chi connectivity index (χ3v) is 10.4. The Hall–Kier alpha value is -4.00. The average molecular weight is 700 g/mol. The summed E-state index contributed by atoms with van der Waals surface area (Å²) in [6.45, 7) is 8.72. The van der Waals surface area contributed by atoms with Crippen molar-refractivity contribution in [2.45, 2.75) is 70.2 Å². The molecule has 0 radical (unpaired) electrons. The molecule has 1 aliphatic rings. The van der Waals surface area contributed by atoms with Crippen molar-refractivity contribution < 1.29 is 24.0 Å². The van der Waals surface area contributed by atoms with E-state index in [1.165, 1.54) is 6.33 Å². The van der Waals surface area contributed by atoms with Crippen LogP contribution in [-0.2, 0) is 14.8 Å². The smallest absolute Gasteiger partial charge is 0.270 e. The molecular formula is C37H46N7O5P. The molecule has 6 rings (SSSR count). The van der Waals surface area contributed by atoms with Crippen LogP contribution in [-0.4, -0.2) is 84.3 Å². The number of nitrogens with one attached hydrogen (secondary N) is 1. The van der Waals surface area contributed by atoms with Gasteiger partial charge in [-0.2, -0.15) is 9.76 Å². The van der Waals surface area contributed by atoms with Gasteiger partial charge in [-0.25, -0.2) is 15.0 Å². The van der Waals surface area contributed by atoms with Gasteiger partial charge in [0, 0.05) is 32.1 Å². The number of hydrogen-bond donors (Lipinski definition) is 3. The molecule has 3 heterocycles. The number of nitrogens with zero attached hydrogens (tertiary/aromatic N) is 6. The maximum absolute atomic E-state index is 11.6. The third-order valence-electron chi connectivity index (χ3n) is 9.20. The van der Waals surface area contributed by atoms with E-state index >= 15 is 0 Å². The molecule has 0 aliphatic carbocycles. The van der Waals surface area contributed by atoms with Crippen LogP contribution >= 0.6 is 8.53 Å². The molecule has 2 aromatic heterocycles. The second kappa shape index (κ2) is 15.5. The predicted molar refractivity (Wildman–Crippen MR) is 193 cm³/mol. The number of benzene rings is 3. The van der Waals surface area contributed by atoms with Crippen LogP contribution in [0.15, 0.2) is 97.6 Å². The van der Waals surface area contributed by atoms with Gasteiger partial charge in [-0.3, -0.25) is 9.88 Å². The number of hydrogen-bond acceptors (Lipinski definition) is 11. The minimum atomic E-state index is -2.03. The molecular weight excluding hydrogens is 653 g/mol. The lowest BCUT2D eigenvalue weighted by Gasteiger charge is -2.40. The molecule has 0 amide bonds. The Balaban J connectivity index is 1.38. The molecule has 50 heavy (non-hydrogen) atoms. The van der Waals surface area contributed by atoms with E-state index in [0.717, 1.165) is 22.4 Å². The lowest BCUT2D eigenvalue weighted by molar-refractivity contribution is -0.0269. The Morgan fingerprint density at radius 2 is 1.52 bits per heavy atom. The van der Waals surface area contributed by atoms with Crippen LogP contribution in [0.1, 0.15) is 57.0 Å². The van der Waals surface area contributed by atoms with Gasteiger partial charge in [0.2, 0.25) is 5.88 Å². The maximum Gasteiger partial charge on any atom is 0.270 e. The van der Waals surface area contributed by atoms with Gasteiger partial charge in [-0.15, -0.1) is 0 Å². The number of ether oxygens (including phenoxy) is 2. The van der Waals surface area contributed by atoms with Gasteiger partial charge in [-0.1, -0.05) is 72.8 Å². The largest absolute Gasteiger partial charge is 0.497 e. The third kappa shape index (κ3) is 7.11. The Morgan fingerprint density at radius 3 is 2.10 bits per heavy atom. The Bertz CT molecular complexity index is 1780. The van der Waals surface area contributed by atoms with Crippen molar-refractivity contribution in [3.8, 4) is 11.6 Å². The highest BCUT2D eigenvalue weighted by Gasteiger charge is 2.43. The number of hydrazine groups is 1. The molecule has 4 atom stereocenters. The standard InChI is InChI=1S/C37H46N7O5P/c1-25(2)44(26(3)4)42(5)50(46)49-31-21-33(43-24-40-34-35(43)38-23-39-36(34)45)48-32(31)22-41-37(27-13-9-7-10-14-27,28-15-11-8-12-16-28)29-17-19-30(47-6)20-18-29/h7-20,23-26,31-33,41,46H,21-22H2,1-6H3,(H,38,39,45)/t31-,32+,33+,50?/m0/s1. The topological polar surface area (TPSA) is 130 Å². The number of rotatable bonds is 14. The molecule has 264 valence electrons. The summed E-state index contributed by atoms with van der Waals surface area (Å²) in [5, 5.41) is 16.4. The number of imidazole rings is 1. The molecule has 5 aromatic rings. The lowest BCUT2D eigenvalue weighted by Crippen LogP contribution is -2.49. The SMILES string of the molecule is COc1ccc(C(NC[C@H]2O[C@@H](n3cnc4c(O)ncnc43)C[C@@H]2OP(O)N(C)N(C(C)C)C(C)C)(c2ccccc2)c2ccccc2)cc1. The van der Waals surface area contributed by atoms with E-state index in [9.17, 15) is 10.00 Å². The summed E-state index contributed by atoms with van der Waals surface area (Å²) < 4.78 is 22.4. The normalized spacial score (nSPS) is 18.9. The molecule has 3 aromatic carbocycles. The molecule has 12 nitrogen and oxygen atoms in total. The van der Waals surface area contributed by atoms with Crippen molar-refractivity contribution in [3.63, 3.8) is 0 Å². The molecule has 1 aliphatic heterocycles. The first-order valence-electron chi connectivity index (χ1n) is 16.8. The predicted octanol–water partition coefficient (Wildman–Crippen LogP) is 5.98. The summed E-state index contributed by atoms with van der Waals surface area (Å²) >= 11 is 0. The van der Waals surface area contributed by atoms with Gasteiger partial charge < -0.3 is 24.0 Å². The number of aromatic nitrogens is 4. The first kappa shape index (κ1) is 35.8. The Kier molecular flexibility index (Phi) is 11.1. The molecule has 0 saturated carbocycles. The second-order valence-corrected chi connectivity index (χ2v) is 14.2. The van der Waals surface area contributed by atoms with Gasteiger partial charge in [0.15, 0.2) is 11.2 Å². The summed E-state index contributed by atoms with van der Waals surface area (Å²) in [6.07, 6.45) is 1.75. The first-order chi connectivity index (χ1) is 24.1. The molecule has 0 bridgehead atoms. The molecule has 13 heteroatoms. The number of methoxy groups -OCH3 is 1. The van der Waals surface area contributed by atoms with Crippen molar-refractivity contribution >= 4 is 19.7 Å². The molecule has 3 N–H and O–H groups in total. The van der Waals surface area contributed by atoms with Gasteiger partial charge in [-0.05, 0) is 56.5 Å². The molecule has 1 saturated heterocycles. The van der Waals surface area contributed by atoms with Gasteiger partial charge in [0.1, 0.15) is 18.3 Å². The fourth-order valence-electron chi connectivity index (χ4n) is 7.03. The summed E-state index contributed by atoms with van der Waals surface area (Å²) in [7, 11) is 1.49. The number of fused-ring (bicyclic) bond motifs is 1. The average Bonchev–Trinajstić information content (AvgIpc) is 3.74. The van der Waals surface area contributed by atoms with E-state index < -0.39 is 32.5 Å². The van der Waals surface area contributed by atoms with E-state index in [0.29, 0.717) is 18.6 Å². The van der Waals surface area contributed by atoms with Gasteiger partial charge in [0.05, 0.1) is 31.2 Å². The van der Waals surface area contributed by atoms with Crippen molar-refractivity contribution in [2.75, 3.05) is 20.7 Å². The highest BCUT2D eigenvalue weighted by Crippen LogP contribution is 2.45. The fraction of sp³-hybridized carbons (Fsp3) is 0.378. The summed E-state index contributed by atoms with van der Waals surface area (Å²) in [5.74, 6) is 0.564. The van der Waals surface area contributed by atoms with E-state index in [-0.39, 0.29) is 23.5 Å². The van der Waals surface area contributed by atoms with Gasteiger partial charge in [0.25, 0.3) is 8.53 Å². The van der Waals surface area contributed by atoms with E-state index in [4.69, 9.17) is 14.0 Å². The summed E-state index contributed by atoms with van der Waals surface area (Å²) in [5.41, 5.74) is 3.06. The quantitative estimate of drug-likeness (QED) is 0.0719. The van der Waals surface area contributed by atoms with Crippen molar-refractivity contribution in [2.24, 2.45) is 0 Å². The van der Waals surface area contributed by atoms with Crippen LogP contribution in [0.5, 0.6) is 11.6 Å². The highest BCUT2D eigenvalue weighted by molar-refractivity contribution is 7.43. The summed E-state index contributed by atoms with van der Waals surface area (Å²) in [4.78, 5) is 24.2.